The lowest BCUT2D eigenvalue weighted by atomic mass is 9.82. The van der Waals surface area contributed by atoms with Gasteiger partial charge in [-0.05, 0) is 30.8 Å². The van der Waals surface area contributed by atoms with Gasteiger partial charge < -0.3 is 10.1 Å². The molecule has 0 radical (unpaired) electrons. The maximum absolute atomic E-state index is 5.59. The van der Waals surface area contributed by atoms with Gasteiger partial charge in [-0.15, -0.1) is 0 Å². The van der Waals surface area contributed by atoms with E-state index >= 15 is 0 Å². The molecule has 0 saturated carbocycles. The first kappa shape index (κ1) is 12.0. The monoisotopic (exact) mass is 217 g/mol. The van der Waals surface area contributed by atoms with Crippen molar-refractivity contribution in [2.24, 2.45) is 5.41 Å². The second kappa shape index (κ2) is 5.74. The molecule has 1 aliphatic heterocycles. The summed E-state index contributed by atoms with van der Waals surface area (Å²) in [5.74, 6) is 0. The zero-order valence-electron chi connectivity index (χ0n) is 9.11. The Morgan fingerprint density at radius 2 is 2.14 bits per heavy atom. The summed E-state index contributed by atoms with van der Waals surface area (Å²) in [5, 5.41) is 3.44. The van der Waals surface area contributed by atoms with Crippen LogP contribution in [-0.2, 0) is 4.74 Å². The zero-order chi connectivity index (χ0) is 10.4. The lowest BCUT2D eigenvalue weighted by Crippen LogP contribution is -2.37. The summed E-state index contributed by atoms with van der Waals surface area (Å²) < 4.78 is 5.35. The Kier molecular flexibility index (Phi) is 4.93. The Hall–Kier alpha value is -0.0500. The third-order valence-corrected chi connectivity index (χ3v) is 3.21. The zero-order valence-corrected chi connectivity index (χ0v) is 9.86. The highest BCUT2D eigenvalue weighted by Gasteiger charge is 2.26. The third kappa shape index (κ3) is 3.99. The van der Waals surface area contributed by atoms with Crippen molar-refractivity contribution < 1.29 is 4.74 Å². The Bertz CT molecular complexity index is 197. The minimum absolute atomic E-state index is 0.408. The number of hydrogen-bond donors (Lipinski definition) is 1. The Morgan fingerprint density at radius 1 is 1.50 bits per heavy atom. The van der Waals surface area contributed by atoms with Crippen LogP contribution in [0.2, 0.25) is 0 Å². The average molecular weight is 218 g/mol. The second-order valence-electron chi connectivity index (χ2n) is 4.48. The van der Waals surface area contributed by atoms with Crippen LogP contribution in [0.1, 0.15) is 26.7 Å². The van der Waals surface area contributed by atoms with Crippen molar-refractivity contribution in [3.8, 4) is 0 Å². The van der Waals surface area contributed by atoms with Crippen molar-refractivity contribution >= 4 is 11.6 Å². The van der Waals surface area contributed by atoms with Gasteiger partial charge in [0.05, 0.1) is 0 Å². The minimum Gasteiger partial charge on any atom is -0.381 e. The van der Waals surface area contributed by atoms with Gasteiger partial charge in [0, 0.05) is 31.8 Å². The van der Waals surface area contributed by atoms with E-state index in [0.717, 1.165) is 39.1 Å². The standard InChI is InChI=1S/C11H20ClNO/c1-10(7-12)8-13-9-11(2)3-5-14-6-4-11/h7,13H,3-6,8-9H2,1-2H3. The smallest absolute Gasteiger partial charge is 0.0471 e. The molecule has 0 aromatic rings. The molecule has 14 heavy (non-hydrogen) atoms. The molecule has 0 aromatic heterocycles. The van der Waals surface area contributed by atoms with Crippen LogP contribution in [0.25, 0.3) is 0 Å². The van der Waals surface area contributed by atoms with Crippen LogP contribution >= 0.6 is 11.6 Å². The van der Waals surface area contributed by atoms with Crippen molar-refractivity contribution in [1.82, 2.24) is 5.32 Å². The summed E-state index contributed by atoms with van der Waals surface area (Å²) in [7, 11) is 0. The first-order chi connectivity index (χ1) is 6.66. The number of nitrogens with one attached hydrogen (secondary N) is 1. The van der Waals surface area contributed by atoms with Gasteiger partial charge in [0.2, 0.25) is 0 Å². The molecule has 3 heteroatoms. The summed E-state index contributed by atoms with van der Waals surface area (Å²) in [6.07, 6.45) is 2.31. The van der Waals surface area contributed by atoms with Gasteiger partial charge in [0.25, 0.3) is 0 Å². The van der Waals surface area contributed by atoms with Gasteiger partial charge in [-0.3, -0.25) is 0 Å². The van der Waals surface area contributed by atoms with Gasteiger partial charge in [0.15, 0.2) is 0 Å². The van der Waals surface area contributed by atoms with E-state index in [9.17, 15) is 0 Å². The first-order valence-corrected chi connectivity index (χ1v) is 5.64. The molecule has 1 N–H and O–H groups in total. The van der Waals surface area contributed by atoms with Gasteiger partial charge in [-0.1, -0.05) is 18.5 Å². The van der Waals surface area contributed by atoms with E-state index in [2.05, 4.69) is 12.2 Å². The van der Waals surface area contributed by atoms with Crippen LogP contribution in [0.15, 0.2) is 11.1 Å². The minimum atomic E-state index is 0.408. The molecule has 0 amide bonds. The molecule has 0 aromatic carbocycles. The summed E-state index contributed by atoms with van der Waals surface area (Å²) in [6, 6.07) is 0. The Labute approximate surface area is 91.7 Å². The highest BCUT2D eigenvalue weighted by Crippen LogP contribution is 2.28. The van der Waals surface area contributed by atoms with Crippen LogP contribution in [0.5, 0.6) is 0 Å². The summed E-state index contributed by atoms with van der Waals surface area (Å²) in [5.41, 5.74) is 3.23. The van der Waals surface area contributed by atoms with Crippen molar-refractivity contribution in [2.75, 3.05) is 26.3 Å². The van der Waals surface area contributed by atoms with Crippen LogP contribution in [-0.4, -0.2) is 26.3 Å². The Morgan fingerprint density at radius 3 is 2.71 bits per heavy atom. The highest BCUT2D eigenvalue weighted by molar-refractivity contribution is 6.25. The fourth-order valence-electron chi connectivity index (χ4n) is 1.64. The van der Waals surface area contributed by atoms with Gasteiger partial charge >= 0.3 is 0 Å². The molecule has 1 saturated heterocycles. The largest absolute Gasteiger partial charge is 0.381 e. The molecule has 1 fully saturated rings. The predicted octanol–water partition coefficient (Wildman–Crippen LogP) is 2.54. The number of ether oxygens (including phenoxy) is 1. The molecule has 1 heterocycles. The van der Waals surface area contributed by atoms with Crippen molar-refractivity contribution in [3.63, 3.8) is 0 Å². The molecule has 0 bridgehead atoms. The molecule has 82 valence electrons. The second-order valence-corrected chi connectivity index (χ2v) is 4.70. The quantitative estimate of drug-likeness (QED) is 0.782. The molecule has 0 atom stereocenters. The van der Waals surface area contributed by atoms with Gasteiger partial charge in [0.1, 0.15) is 0 Å². The lowest BCUT2D eigenvalue weighted by molar-refractivity contribution is 0.0245. The summed E-state index contributed by atoms with van der Waals surface area (Å²) >= 11 is 5.59. The predicted molar refractivity (Wildman–Crippen MR) is 60.6 cm³/mol. The molecule has 2 nitrogen and oxygen atoms in total. The lowest BCUT2D eigenvalue weighted by Gasteiger charge is -2.33. The summed E-state index contributed by atoms with van der Waals surface area (Å²) in [6.45, 7) is 8.11. The topological polar surface area (TPSA) is 21.3 Å². The van der Waals surface area contributed by atoms with E-state index in [1.807, 2.05) is 6.92 Å². The fraction of sp³-hybridized carbons (Fsp3) is 0.818. The molecular formula is C11H20ClNO. The maximum atomic E-state index is 5.59. The maximum Gasteiger partial charge on any atom is 0.0471 e. The Balaban J connectivity index is 2.22. The first-order valence-electron chi connectivity index (χ1n) is 5.21. The fourth-order valence-corrected chi connectivity index (χ4v) is 1.72. The van der Waals surface area contributed by atoms with E-state index in [4.69, 9.17) is 16.3 Å². The van der Waals surface area contributed by atoms with E-state index < -0.39 is 0 Å². The molecular weight excluding hydrogens is 198 g/mol. The van der Waals surface area contributed by atoms with E-state index in [0.29, 0.717) is 5.41 Å². The highest BCUT2D eigenvalue weighted by atomic mass is 35.5. The number of hydrogen-bond acceptors (Lipinski definition) is 2. The van der Waals surface area contributed by atoms with E-state index in [1.165, 1.54) is 5.57 Å². The number of rotatable bonds is 4. The van der Waals surface area contributed by atoms with Crippen molar-refractivity contribution in [3.05, 3.63) is 11.1 Å². The van der Waals surface area contributed by atoms with Crippen LogP contribution in [0.3, 0.4) is 0 Å². The molecule has 0 unspecified atom stereocenters. The molecule has 0 spiro atoms. The summed E-state index contributed by atoms with van der Waals surface area (Å²) in [4.78, 5) is 0. The molecule has 1 aliphatic rings. The van der Waals surface area contributed by atoms with Crippen LogP contribution < -0.4 is 5.32 Å². The van der Waals surface area contributed by atoms with Crippen LogP contribution in [0, 0.1) is 5.41 Å². The van der Waals surface area contributed by atoms with Crippen molar-refractivity contribution in [1.29, 1.82) is 0 Å². The number of halogens is 1. The normalized spacial score (nSPS) is 22.4. The molecule has 0 aliphatic carbocycles. The average Bonchev–Trinajstić information content (AvgIpc) is 2.18. The van der Waals surface area contributed by atoms with E-state index in [1.54, 1.807) is 5.54 Å². The third-order valence-electron chi connectivity index (χ3n) is 2.84. The van der Waals surface area contributed by atoms with Gasteiger partial charge in [-0.2, -0.15) is 0 Å². The van der Waals surface area contributed by atoms with Crippen molar-refractivity contribution in [2.45, 2.75) is 26.7 Å². The van der Waals surface area contributed by atoms with Gasteiger partial charge in [-0.25, -0.2) is 0 Å². The van der Waals surface area contributed by atoms with Crippen LogP contribution in [0.4, 0.5) is 0 Å². The SMILES string of the molecule is CC(=CCl)CNCC1(C)CCOCC1. The van der Waals surface area contributed by atoms with E-state index in [-0.39, 0.29) is 0 Å². The molecule has 1 rings (SSSR count).